The number of aromatic nitrogens is 1. The molecule has 0 fully saturated rings. The molecule has 16 heavy (non-hydrogen) atoms. The van der Waals surface area contributed by atoms with E-state index in [-0.39, 0.29) is 0 Å². The number of allylic oxidation sites excluding steroid dienone is 4. The molecule has 1 aliphatic carbocycles. The van der Waals surface area contributed by atoms with Gasteiger partial charge >= 0.3 is 0 Å². The molecule has 1 unspecified atom stereocenters. The third-order valence-corrected chi connectivity index (χ3v) is 2.98. The van der Waals surface area contributed by atoms with Gasteiger partial charge in [0, 0.05) is 11.9 Å². The highest BCUT2D eigenvalue weighted by molar-refractivity contribution is 5.74. The van der Waals surface area contributed by atoms with E-state index >= 15 is 0 Å². The molecule has 1 aliphatic rings. The lowest BCUT2D eigenvalue weighted by atomic mass is 9.94. The van der Waals surface area contributed by atoms with Crippen LogP contribution in [0, 0.1) is 5.92 Å². The van der Waals surface area contributed by atoms with Crippen LogP contribution in [0.25, 0.3) is 5.57 Å². The van der Waals surface area contributed by atoms with E-state index in [1.807, 2.05) is 6.20 Å². The summed E-state index contributed by atoms with van der Waals surface area (Å²) >= 11 is 0. The van der Waals surface area contributed by atoms with Gasteiger partial charge in [-0.25, -0.2) is 0 Å². The van der Waals surface area contributed by atoms with Crippen LogP contribution >= 0.6 is 0 Å². The van der Waals surface area contributed by atoms with Gasteiger partial charge in [-0.2, -0.15) is 0 Å². The normalized spacial score (nSPS) is 20.0. The van der Waals surface area contributed by atoms with E-state index in [4.69, 9.17) is 0 Å². The van der Waals surface area contributed by atoms with Crippen molar-refractivity contribution in [2.45, 2.75) is 33.1 Å². The van der Waals surface area contributed by atoms with Crippen molar-refractivity contribution in [3.63, 3.8) is 0 Å². The smallest absolute Gasteiger partial charge is 0.0429 e. The van der Waals surface area contributed by atoms with Gasteiger partial charge in [-0.15, -0.1) is 0 Å². The molecule has 2 rings (SSSR count). The molecule has 0 amide bonds. The minimum Gasteiger partial charge on any atom is -0.260 e. The SMILES string of the molecule is CC1C=C(c2ccc(C(C)C)nc2)C=CC1. The van der Waals surface area contributed by atoms with Gasteiger partial charge in [0.25, 0.3) is 0 Å². The van der Waals surface area contributed by atoms with Crippen molar-refractivity contribution in [2.24, 2.45) is 5.92 Å². The Morgan fingerprint density at radius 2 is 2.12 bits per heavy atom. The van der Waals surface area contributed by atoms with Crippen LogP contribution in [-0.4, -0.2) is 4.98 Å². The van der Waals surface area contributed by atoms with Gasteiger partial charge in [-0.3, -0.25) is 4.98 Å². The van der Waals surface area contributed by atoms with Crippen molar-refractivity contribution in [3.05, 3.63) is 47.8 Å². The van der Waals surface area contributed by atoms with Gasteiger partial charge < -0.3 is 0 Å². The molecule has 1 aromatic rings. The molecular formula is C15H19N. The van der Waals surface area contributed by atoms with Gasteiger partial charge in [0.15, 0.2) is 0 Å². The highest BCUT2D eigenvalue weighted by Crippen LogP contribution is 2.24. The highest BCUT2D eigenvalue weighted by atomic mass is 14.7. The number of rotatable bonds is 2. The molecule has 0 bridgehead atoms. The molecule has 0 saturated carbocycles. The lowest BCUT2D eigenvalue weighted by Crippen LogP contribution is -1.97. The van der Waals surface area contributed by atoms with Gasteiger partial charge in [0.05, 0.1) is 0 Å². The molecule has 1 aromatic heterocycles. The zero-order valence-electron chi connectivity index (χ0n) is 10.3. The maximum atomic E-state index is 4.50. The zero-order chi connectivity index (χ0) is 11.5. The van der Waals surface area contributed by atoms with Gasteiger partial charge in [0.1, 0.15) is 0 Å². The summed E-state index contributed by atoms with van der Waals surface area (Å²) < 4.78 is 0. The molecule has 1 nitrogen and oxygen atoms in total. The lowest BCUT2D eigenvalue weighted by molar-refractivity contribution is 0.739. The Morgan fingerprint density at radius 3 is 2.69 bits per heavy atom. The summed E-state index contributed by atoms with van der Waals surface area (Å²) in [5.74, 6) is 1.15. The van der Waals surface area contributed by atoms with Crippen LogP contribution in [0.5, 0.6) is 0 Å². The van der Waals surface area contributed by atoms with E-state index < -0.39 is 0 Å². The molecule has 1 heteroatoms. The van der Waals surface area contributed by atoms with Crippen molar-refractivity contribution in [1.82, 2.24) is 4.98 Å². The van der Waals surface area contributed by atoms with Crippen LogP contribution < -0.4 is 0 Å². The van der Waals surface area contributed by atoms with Crippen LogP contribution in [-0.2, 0) is 0 Å². The van der Waals surface area contributed by atoms with Gasteiger partial charge in [0.2, 0.25) is 0 Å². The third kappa shape index (κ3) is 2.41. The molecule has 1 atom stereocenters. The summed E-state index contributed by atoms with van der Waals surface area (Å²) in [5.41, 5.74) is 3.70. The molecule has 0 aromatic carbocycles. The van der Waals surface area contributed by atoms with Crippen molar-refractivity contribution >= 4 is 5.57 Å². The average molecular weight is 213 g/mol. The second-order valence-corrected chi connectivity index (χ2v) is 4.86. The first kappa shape index (κ1) is 11.1. The number of hydrogen-bond acceptors (Lipinski definition) is 1. The standard InChI is InChI=1S/C15H19N/c1-11(2)15-8-7-14(10-16-15)13-6-4-5-12(3)9-13/h4,6-12H,5H2,1-3H3. The first-order valence-corrected chi connectivity index (χ1v) is 6.01. The molecular weight excluding hydrogens is 194 g/mol. The Balaban J connectivity index is 2.25. The van der Waals surface area contributed by atoms with E-state index in [0.717, 1.165) is 12.1 Å². The summed E-state index contributed by atoms with van der Waals surface area (Å²) in [5, 5.41) is 0. The predicted octanol–water partition coefficient (Wildman–Crippen LogP) is 4.18. The Morgan fingerprint density at radius 1 is 1.31 bits per heavy atom. The monoisotopic (exact) mass is 213 g/mol. The van der Waals surface area contributed by atoms with Crippen LogP contribution in [0.4, 0.5) is 0 Å². The zero-order valence-corrected chi connectivity index (χ0v) is 10.3. The summed E-state index contributed by atoms with van der Waals surface area (Å²) in [6.07, 6.45) is 9.92. The first-order valence-electron chi connectivity index (χ1n) is 6.01. The van der Waals surface area contributed by atoms with E-state index in [2.05, 4.69) is 56.1 Å². The second-order valence-electron chi connectivity index (χ2n) is 4.86. The predicted molar refractivity (Wildman–Crippen MR) is 69.2 cm³/mol. The fourth-order valence-electron chi connectivity index (χ4n) is 1.95. The maximum absolute atomic E-state index is 4.50. The van der Waals surface area contributed by atoms with Gasteiger partial charge in [-0.1, -0.05) is 45.1 Å². The Kier molecular flexibility index (Phi) is 3.23. The number of hydrogen-bond donors (Lipinski definition) is 0. The highest BCUT2D eigenvalue weighted by Gasteiger charge is 2.07. The van der Waals surface area contributed by atoms with Crippen molar-refractivity contribution < 1.29 is 0 Å². The fourth-order valence-corrected chi connectivity index (χ4v) is 1.95. The van der Waals surface area contributed by atoms with Gasteiger partial charge in [-0.05, 0) is 35.5 Å². The van der Waals surface area contributed by atoms with Crippen LogP contribution in [0.2, 0.25) is 0 Å². The quantitative estimate of drug-likeness (QED) is 0.718. The largest absolute Gasteiger partial charge is 0.260 e. The Hall–Kier alpha value is -1.37. The maximum Gasteiger partial charge on any atom is 0.0429 e. The second kappa shape index (κ2) is 4.65. The topological polar surface area (TPSA) is 12.9 Å². The average Bonchev–Trinajstić information content (AvgIpc) is 2.29. The molecule has 84 valence electrons. The van der Waals surface area contributed by atoms with E-state index in [1.54, 1.807) is 0 Å². The van der Waals surface area contributed by atoms with Crippen LogP contribution in [0.3, 0.4) is 0 Å². The molecule has 0 N–H and O–H groups in total. The van der Waals surface area contributed by atoms with E-state index in [9.17, 15) is 0 Å². The van der Waals surface area contributed by atoms with Crippen LogP contribution in [0.15, 0.2) is 36.6 Å². The Bertz CT molecular complexity index is 410. The molecule has 0 aliphatic heterocycles. The van der Waals surface area contributed by atoms with E-state index in [0.29, 0.717) is 11.8 Å². The van der Waals surface area contributed by atoms with E-state index in [1.165, 1.54) is 11.1 Å². The summed E-state index contributed by atoms with van der Waals surface area (Å²) in [4.78, 5) is 4.50. The molecule has 0 spiro atoms. The minimum absolute atomic E-state index is 0.504. The summed E-state index contributed by atoms with van der Waals surface area (Å²) in [7, 11) is 0. The third-order valence-electron chi connectivity index (χ3n) is 2.98. The molecule has 0 radical (unpaired) electrons. The van der Waals surface area contributed by atoms with Crippen molar-refractivity contribution in [2.75, 3.05) is 0 Å². The number of nitrogens with zero attached hydrogens (tertiary/aromatic N) is 1. The van der Waals surface area contributed by atoms with Crippen molar-refractivity contribution in [1.29, 1.82) is 0 Å². The van der Waals surface area contributed by atoms with Crippen molar-refractivity contribution in [3.8, 4) is 0 Å². The summed E-state index contributed by atoms with van der Waals surface area (Å²) in [6, 6.07) is 4.31. The minimum atomic E-state index is 0.504. The molecule has 1 heterocycles. The lowest BCUT2D eigenvalue weighted by Gasteiger charge is -2.13. The fraction of sp³-hybridized carbons (Fsp3) is 0.400. The first-order chi connectivity index (χ1) is 7.66. The molecule has 0 saturated heterocycles. The summed E-state index contributed by atoms with van der Waals surface area (Å²) in [6.45, 7) is 6.59. The number of pyridine rings is 1. The van der Waals surface area contributed by atoms with Crippen LogP contribution in [0.1, 0.15) is 44.4 Å². The Labute approximate surface area is 97.9 Å².